The molecular weight excluding hydrogens is 188 g/mol. The zero-order chi connectivity index (χ0) is 10.9. The maximum atomic E-state index is 12.8. The zero-order valence-electron chi connectivity index (χ0n) is 8.09. The molecule has 0 aliphatic rings. The summed E-state index contributed by atoms with van der Waals surface area (Å²) in [4.78, 5) is 0. The van der Waals surface area contributed by atoms with Crippen molar-refractivity contribution in [3.05, 3.63) is 35.4 Å². The molecule has 0 saturated heterocycles. The second kappa shape index (κ2) is 3.63. The lowest BCUT2D eigenvalue weighted by Crippen LogP contribution is -2.35. The molecular formula is C10H13F2NO. The molecule has 78 valence electrons. The van der Waals surface area contributed by atoms with E-state index in [2.05, 4.69) is 0 Å². The lowest BCUT2D eigenvalue weighted by Gasteiger charge is -2.25. The van der Waals surface area contributed by atoms with Crippen molar-refractivity contribution >= 4 is 0 Å². The highest BCUT2D eigenvalue weighted by Gasteiger charge is 2.25. The molecule has 1 atom stereocenters. The summed E-state index contributed by atoms with van der Waals surface area (Å²) >= 11 is 0. The maximum Gasteiger partial charge on any atom is 0.126 e. The third kappa shape index (κ3) is 2.49. The molecule has 0 bridgehead atoms. The van der Waals surface area contributed by atoms with Crippen molar-refractivity contribution < 1.29 is 13.9 Å². The number of benzene rings is 1. The maximum absolute atomic E-state index is 12.8. The Bertz CT molecular complexity index is 313. The number of aliphatic hydroxyl groups is 1. The number of nitrogens with two attached hydrogens (primary N) is 1. The standard InChI is InChI=1S/C10H13F2NO/c1-10(2,14)9(13)6-3-7(11)5-8(12)4-6/h3-5,9,14H,13H2,1-2H3. The van der Waals surface area contributed by atoms with Gasteiger partial charge in [-0.2, -0.15) is 0 Å². The predicted molar refractivity (Wildman–Crippen MR) is 49.6 cm³/mol. The van der Waals surface area contributed by atoms with Crippen molar-refractivity contribution in [2.24, 2.45) is 5.73 Å². The minimum Gasteiger partial charge on any atom is -0.388 e. The van der Waals surface area contributed by atoms with Crippen LogP contribution in [0.25, 0.3) is 0 Å². The highest BCUT2D eigenvalue weighted by atomic mass is 19.1. The summed E-state index contributed by atoms with van der Waals surface area (Å²) in [6, 6.07) is 2.19. The number of hydrogen-bond donors (Lipinski definition) is 2. The van der Waals surface area contributed by atoms with Crippen LogP contribution in [0.3, 0.4) is 0 Å². The first kappa shape index (κ1) is 11.1. The SMILES string of the molecule is CC(C)(O)C(N)c1cc(F)cc(F)c1. The van der Waals surface area contributed by atoms with Gasteiger partial charge >= 0.3 is 0 Å². The van der Waals surface area contributed by atoms with E-state index < -0.39 is 23.3 Å². The summed E-state index contributed by atoms with van der Waals surface area (Å²) in [5.41, 5.74) is 4.66. The fraction of sp³-hybridized carbons (Fsp3) is 0.400. The first-order chi connectivity index (χ1) is 6.30. The summed E-state index contributed by atoms with van der Waals surface area (Å²) in [6.07, 6.45) is 0. The van der Waals surface area contributed by atoms with Crippen LogP contribution in [0.4, 0.5) is 8.78 Å². The third-order valence-corrected chi connectivity index (χ3v) is 2.01. The normalized spacial score (nSPS) is 14.1. The minimum absolute atomic E-state index is 0.245. The summed E-state index contributed by atoms with van der Waals surface area (Å²) in [7, 11) is 0. The molecule has 0 heterocycles. The van der Waals surface area contributed by atoms with E-state index in [9.17, 15) is 13.9 Å². The molecule has 0 fully saturated rings. The van der Waals surface area contributed by atoms with Crippen molar-refractivity contribution in [3.63, 3.8) is 0 Å². The molecule has 2 nitrogen and oxygen atoms in total. The van der Waals surface area contributed by atoms with Gasteiger partial charge < -0.3 is 10.8 Å². The molecule has 0 aliphatic carbocycles. The molecule has 4 heteroatoms. The van der Waals surface area contributed by atoms with Crippen LogP contribution in [0.1, 0.15) is 25.5 Å². The fourth-order valence-electron chi connectivity index (χ4n) is 1.16. The van der Waals surface area contributed by atoms with E-state index in [0.29, 0.717) is 0 Å². The van der Waals surface area contributed by atoms with E-state index >= 15 is 0 Å². The largest absolute Gasteiger partial charge is 0.388 e. The average Bonchev–Trinajstić information content (AvgIpc) is 1.99. The summed E-state index contributed by atoms with van der Waals surface area (Å²) in [6.45, 7) is 2.97. The average molecular weight is 201 g/mol. The molecule has 0 aromatic heterocycles. The topological polar surface area (TPSA) is 46.2 Å². The van der Waals surface area contributed by atoms with E-state index in [0.717, 1.165) is 18.2 Å². The summed E-state index contributed by atoms with van der Waals surface area (Å²) < 4.78 is 25.6. The van der Waals surface area contributed by atoms with Gasteiger partial charge in [0.1, 0.15) is 11.6 Å². The van der Waals surface area contributed by atoms with E-state index in [1.807, 2.05) is 0 Å². The molecule has 0 aliphatic heterocycles. The van der Waals surface area contributed by atoms with Crippen molar-refractivity contribution in [1.29, 1.82) is 0 Å². The van der Waals surface area contributed by atoms with Crippen LogP contribution in [0.5, 0.6) is 0 Å². The van der Waals surface area contributed by atoms with Crippen LogP contribution in [0.2, 0.25) is 0 Å². The molecule has 3 N–H and O–H groups in total. The Hall–Kier alpha value is -1.00. The summed E-state index contributed by atoms with van der Waals surface area (Å²) in [5, 5.41) is 9.55. The van der Waals surface area contributed by atoms with E-state index in [1.165, 1.54) is 13.8 Å². The predicted octanol–water partition coefficient (Wildman–Crippen LogP) is 1.74. The Morgan fingerprint density at radius 3 is 2.00 bits per heavy atom. The van der Waals surface area contributed by atoms with Crippen LogP contribution in [0.15, 0.2) is 18.2 Å². The van der Waals surface area contributed by atoms with E-state index in [-0.39, 0.29) is 5.56 Å². The van der Waals surface area contributed by atoms with Gasteiger partial charge in [-0.15, -0.1) is 0 Å². The Morgan fingerprint density at radius 1 is 1.21 bits per heavy atom. The minimum atomic E-state index is -1.21. The molecule has 1 rings (SSSR count). The molecule has 14 heavy (non-hydrogen) atoms. The van der Waals surface area contributed by atoms with Gasteiger partial charge in [-0.3, -0.25) is 0 Å². The first-order valence-corrected chi connectivity index (χ1v) is 4.24. The first-order valence-electron chi connectivity index (χ1n) is 4.24. The monoisotopic (exact) mass is 201 g/mol. The van der Waals surface area contributed by atoms with Gasteiger partial charge in [0.25, 0.3) is 0 Å². The van der Waals surface area contributed by atoms with E-state index in [1.54, 1.807) is 0 Å². The Morgan fingerprint density at radius 2 is 1.64 bits per heavy atom. The highest BCUT2D eigenvalue weighted by molar-refractivity contribution is 5.23. The quantitative estimate of drug-likeness (QED) is 0.765. The van der Waals surface area contributed by atoms with Gasteiger partial charge in [0, 0.05) is 6.07 Å². The number of rotatable bonds is 2. The van der Waals surface area contributed by atoms with Crippen molar-refractivity contribution in [3.8, 4) is 0 Å². The Kier molecular flexibility index (Phi) is 2.87. The molecule has 1 unspecified atom stereocenters. The highest BCUT2D eigenvalue weighted by Crippen LogP contribution is 2.23. The molecule has 0 radical (unpaired) electrons. The van der Waals surface area contributed by atoms with Gasteiger partial charge in [0.15, 0.2) is 0 Å². The van der Waals surface area contributed by atoms with Crippen LogP contribution < -0.4 is 5.73 Å². The second-order valence-electron chi connectivity index (χ2n) is 3.83. The third-order valence-electron chi connectivity index (χ3n) is 2.01. The van der Waals surface area contributed by atoms with Gasteiger partial charge in [0.2, 0.25) is 0 Å². The van der Waals surface area contributed by atoms with Gasteiger partial charge in [-0.1, -0.05) is 0 Å². The van der Waals surface area contributed by atoms with Crippen LogP contribution in [-0.2, 0) is 0 Å². The number of hydrogen-bond acceptors (Lipinski definition) is 2. The van der Waals surface area contributed by atoms with Gasteiger partial charge in [-0.05, 0) is 31.5 Å². The Labute approximate surface area is 81.4 Å². The lowest BCUT2D eigenvalue weighted by molar-refractivity contribution is 0.0515. The van der Waals surface area contributed by atoms with Crippen molar-refractivity contribution in [2.75, 3.05) is 0 Å². The molecule has 1 aromatic rings. The Balaban J connectivity index is 3.07. The zero-order valence-corrected chi connectivity index (χ0v) is 8.09. The van der Waals surface area contributed by atoms with Crippen molar-refractivity contribution in [2.45, 2.75) is 25.5 Å². The smallest absolute Gasteiger partial charge is 0.126 e. The lowest BCUT2D eigenvalue weighted by atomic mass is 9.93. The molecule has 0 saturated carbocycles. The second-order valence-corrected chi connectivity index (χ2v) is 3.83. The number of halogens is 2. The molecule has 0 amide bonds. The van der Waals surface area contributed by atoms with Gasteiger partial charge in [0.05, 0.1) is 11.6 Å². The fourth-order valence-corrected chi connectivity index (χ4v) is 1.16. The van der Waals surface area contributed by atoms with Crippen LogP contribution in [-0.4, -0.2) is 10.7 Å². The van der Waals surface area contributed by atoms with E-state index in [4.69, 9.17) is 5.73 Å². The van der Waals surface area contributed by atoms with Crippen molar-refractivity contribution in [1.82, 2.24) is 0 Å². The molecule has 1 aromatic carbocycles. The molecule has 0 spiro atoms. The van der Waals surface area contributed by atoms with Gasteiger partial charge in [-0.25, -0.2) is 8.78 Å². The summed E-state index contributed by atoms with van der Waals surface area (Å²) in [5.74, 6) is -1.39. The van der Waals surface area contributed by atoms with Crippen LogP contribution >= 0.6 is 0 Å². The van der Waals surface area contributed by atoms with Crippen LogP contribution in [0, 0.1) is 11.6 Å².